The Morgan fingerprint density at radius 3 is 2.38 bits per heavy atom. The summed E-state index contributed by atoms with van der Waals surface area (Å²) in [6.07, 6.45) is 5.22. The molecule has 13 heavy (non-hydrogen) atoms. The summed E-state index contributed by atoms with van der Waals surface area (Å²) < 4.78 is 0. The van der Waals surface area contributed by atoms with Gasteiger partial charge in [-0.15, -0.1) is 0 Å². The lowest BCUT2D eigenvalue weighted by Gasteiger charge is -1.96. The molecule has 1 aromatic rings. The second-order valence-electron chi connectivity index (χ2n) is 3.27. The van der Waals surface area contributed by atoms with Gasteiger partial charge in [-0.05, 0) is 24.5 Å². The van der Waals surface area contributed by atoms with E-state index in [1.807, 2.05) is 13.0 Å². The van der Waals surface area contributed by atoms with Crippen molar-refractivity contribution < 1.29 is 0 Å². The van der Waals surface area contributed by atoms with Crippen molar-refractivity contribution in [3.63, 3.8) is 0 Å². The number of hydrogen-bond donors (Lipinski definition) is 0. The summed E-state index contributed by atoms with van der Waals surface area (Å²) in [5.74, 6) is 0. The molecule has 0 aromatic heterocycles. The Hall–Kier alpha value is -1.30. The van der Waals surface area contributed by atoms with Gasteiger partial charge >= 0.3 is 0 Å². The first kappa shape index (κ1) is 9.79. The zero-order valence-electron chi connectivity index (χ0n) is 8.38. The van der Waals surface area contributed by atoms with Crippen LogP contribution in [0.2, 0.25) is 0 Å². The molecule has 0 spiro atoms. The van der Waals surface area contributed by atoms with Crippen molar-refractivity contribution in [3.05, 3.63) is 53.6 Å². The molecule has 0 fully saturated rings. The zero-order chi connectivity index (χ0) is 9.68. The van der Waals surface area contributed by atoms with Gasteiger partial charge in [0, 0.05) is 0 Å². The van der Waals surface area contributed by atoms with Gasteiger partial charge in [-0.1, -0.05) is 55.5 Å². The standard InChI is InChI=1S/C13H16/c1-4-12-7-9-13(10-8-12)6-5-11(2)3/h5-10H,2,4H2,1,3H3/b6-5+. The van der Waals surface area contributed by atoms with Gasteiger partial charge in [0.05, 0.1) is 0 Å². The zero-order valence-corrected chi connectivity index (χ0v) is 8.38. The Morgan fingerprint density at radius 1 is 1.31 bits per heavy atom. The number of hydrogen-bond acceptors (Lipinski definition) is 0. The van der Waals surface area contributed by atoms with E-state index in [1.165, 1.54) is 11.1 Å². The maximum absolute atomic E-state index is 3.82. The van der Waals surface area contributed by atoms with Crippen LogP contribution < -0.4 is 0 Å². The fourth-order valence-corrected chi connectivity index (χ4v) is 1.10. The van der Waals surface area contributed by atoms with Gasteiger partial charge in [-0.2, -0.15) is 0 Å². The third-order valence-electron chi connectivity index (χ3n) is 1.95. The summed E-state index contributed by atoms with van der Waals surface area (Å²) in [5, 5.41) is 0. The summed E-state index contributed by atoms with van der Waals surface area (Å²) in [7, 11) is 0. The maximum atomic E-state index is 3.82. The van der Waals surface area contributed by atoms with E-state index in [-0.39, 0.29) is 0 Å². The van der Waals surface area contributed by atoms with Crippen molar-refractivity contribution in [3.8, 4) is 0 Å². The van der Waals surface area contributed by atoms with E-state index < -0.39 is 0 Å². The van der Waals surface area contributed by atoms with Gasteiger partial charge in [0.25, 0.3) is 0 Å². The second-order valence-corrected chi connectivity index (χ2v) is 3.27. The molecule has 0 saturated carbocycles. The normalized spacial score (nSPS) is 10.6. The average Bonchev–Trinajstić information content (AvgIpc) is 2.15. The lowest BCUT2D eigenvalue weighted by molar-refractivity contribution is 1.14. The van der Waals surface area contributed by atoms with Crippen LogP contribution in [0.3, 0.4) is 0 Å². The van der Waals surface area contributed by atoms with Crippen LogP contribution in [0.15, 0.2) is 42.5 Å². The van der Waals surface area contributed by atoms with Crippen LogP contribution in [0.1, 0.15) is 25.0 Å². The van der Waals surface area contributed by atoms with Crippen LogP contribution in [-0.2, 0) is 6.42 Å². The van der Waals surface area contributed by atoms with Crippen LogP contribution in [0, 0.1) is 0 Å². The van der Waals surface area contributed by atoms with Crippen molar-refractivity contribution in [1.82, 2.24) is 0 Å². The van der Waals surface area contributed by atoms with E-state index in [0.717, 1.165) is 12.0 Å². The summed E-state index contributed by atoms with van der Waals surface area (Å²) >= 11 is 0. The third-order valence-corrected chi connectivity index (χ3v) is 1.95. The monoisotopic (exact) mass is 172 g/mol. The first-order chi connectivity index (χ1) is 6.22. The van der Waals surface area contributed by atoms with Crippen molar-refractivity contribution >= 4 is 6.08 Å². The van der Waals surface area contributed by atoms with Crippen molar-refractivity contribution in [2.45, 2.75) is 20.3 Å². The third kappa shape index (κ3) is 3.29. The van der Waals surface area contributed by atoms with Crippen molar-refractivity contribution in [2.75, 3.05) is 0 Å². The van der Waals surface area contributed by atoms with Crippen LogP contribution in [0.25, 0.3) is 6.08 Å². The van der Waals surface area contributed by atoms with Gasteiger partial charge in [-0.25, -0.2) is 0 Å². The highest BCUT2D eigenvalue weighted by Crippen LogP contribution is 2.07. The van der Waals surface area contributed by atoms with Gasteiger partial charge in [-0.3, -0.25) is 0 Å². The van der Waals surface area contributed by atoms with E-state index in [4.69, 9.17) is 0 Å². The van der Waals surface area contributed by atoms with E-state index in [9.17, 15) is 0 Å². The smallest absolute Gasteiger partial charge is 0.0256 e. The fourth-order valence-electron chi connectivity index (χ4n) is 1.10. The molecule has 0 heteroatoms. The van der Waals surface area contributed by atoms with Gasteiger partial charge in [0.2, 0.25) is 0 Å². The molecule has 0 saturated heterocycles. The molecule has 0 nitrogen and oxygen atoms in total. The fraction of sp³-hybridized carbons (Fsp3) is 0.231. The minimum absolute atomic E-state index is 1.08. The topological polar surface area (TPSA) is 0 Å². The Morgan fingerprint density at radius 2 is 1.92 bits per heavy atom. The largest absolute Gasteiger partial charge is 0.0961 e. The van der Waals surface area contributed by atoms with Crippen molar-refractivity contribution in [1.29, 1.82) is 0 Å². The maximum Gasteiger partial charge on any atom is -0.0256 e. The average molecular weight is 172 g/mol. The highest BCUT2D eigenvalue weighted by atomic mass is 13.9. The van der Waals surface area contributed by atoms with E-state index in [2.05, 4.69) is 43.8 Å². The summed E-state index contributed by atoms with van der Waals surface area (Å²) in [6.45, 7) is 7.98. The Labute approximate surface area is 80.6 Å². The first-order valence-corrected chi connectivity index (χ1v) is 4.65. The van der Waals surface area contributed by atoms with Crippen LogP contribution in [0.5, 0.6) is 0 Å². The molecule has 0 amide bonds. The lowest BCUT2D eigenvalue weighted by Crippen LogP contribution is -1.78. The Bertz CT molecular complexity index is 301. The lowest BCUT2D eigenvalue weighted by atomic mass is 10.1. The van der Waals surface area contributed by atoms with Crippen LogP contribution in [0.4, 0.5) is 0 Å². The van der Waals surface area contributed by atoms with E-state index in [0.29, 0.717) is 0 Å². The molecule has 0 unspecified atom stereocenters. The summed E-state index contributed by atoms with van der Waals surface area (Å²) in [5.41, 5.74) is 3.70. The molecular weight excluding hydrogens is 156 g/mol. The number of aryl methyl sites for hydroxylation is 1. The summed E-state index contributed by atoms with van der Waals surface area (Å²) in [6, 6.07) is 8.60. The van der Waals surface area contributed by atoms with Gasteiger partial charge in [0.15, 0.2) is 0 Å². The SMILES string of the molecule is C=C(C)/C=C/c1ccc(CC)cc1. The molecule has 1 aromatic carbocycles. The molecule has 0 heterocycles. The van der Waals surface area contributed by atoms with Crippen molar-refractivity contribution in [2.24, 2.45) is 0 Å². The molecule has 0 aliphatic rings. The van der Waals surface area contributed by atoms with E-state index >= 15 is 0 Å². The quantitative estimate of drug-likeness (QED) is 0.608. The molecule has 0 atom stereocenters. The molecule has 68 valence electrons. The Balaban J connectivity index is 2.75. The molecule has 0 aliphatic heterocycles. The molecule has 1 rings (SSSR count). The van der Waals surface area contributed by atoms with E-state index in [1.54, 1.807) is 0 Å². The highest BCUT2D eigenvalue weighted by molar-refractivity contribution is 5.52. The number of benzene rings is 1. The molecule has 0 radical (unpaired) electrons. The molecule has 0 aliphatic carbocycles. The predicted molar refractivity (Wildman–Crippen MR) is 59.7 cm³/mol. The molecular formula is C13H16. The minimum atomic E-state index is 1.08. The number of rotatable bonds is 3. The Kier molecular flexibility index (Phi) is 3.51. The highest BCUT2D eigenvalue weighted by Gasteiger charge is 1.88. The van der Waals surface area contributed by atoms with Crippen LogP contribution >= 0.6 is 0 Å². The minimum Gasteiger partial charge on any atom is -0.0961 e. The second kappa shape index (κ2) is 4.66. The van der Waals surface area contributed by atoms with Gasteiger partial charge < -0.3 is 0 Å². The number of allylic oxidation sites excluding steroid dienone is 2. The molecule has 0 bridgehead atoms. The molecule has 0 N–H and O–H groups in total. The van der Waals surface area contributed by atoms with Gasteiger partial charge in [0.1, 0.15) is 0 Å². The first-order valence-electron chi connectivity index (χ1n) is 4.65. The predicted octanol–water partition coefficient (Wildman–Crippen LogP) is 3.84. The van der Waals surface area contributed by atoms with Crippen LogP contribution in [-0.4, -0.2) is 0 Å². The summed E-state index contributed by atoms with van der Waals surface area (Å²) in [4.78, 5) is 0.